The van der Waals surface area contributed by atoms with Crippen molar-refractivity contribution in [1.29, 1.82) is 0 Å². The molecule has 8 heteroatoms. The first-order valence-electron chi connectivity index (χ1n) is 7.13. The van der Waals surface area contributed by atoms with E-state index in [0.717, 1.165) is 5.56 Å². The molecule has 0 amide bonds. The van der Waals surface area contributed by atoms with Gasteiger partial charge in [-0.3, -0.25) is 0 Å². The predicted octanol–water partition coefficient (Wildman–Crippen LogP) is 3.74. The highest BCUT2D eigenvalue weighted by molar-refractivity contribution is 6.30. The smallest absolute Gasteiger partial charge is 0.203 e. The number of methoxy groups -OCH3 is 2. The molecule has 0 bridgehead atoms. The van der Waals surface area contributed by atoms with Crippen LogP contribution in [0.2, 0.25) is 5.02 Å². The Hall–Kier alpha value is -2.80. The second-order valence-electron chi connectivity index (χ2n) is 4.90. The largest absolute Gasteiger partial charge is 0.680 e. The fourth-order valence-electron chi connectivity index (χ4n) is 2.22. The summed E-state index contributed by atoms with van der Waals surface area (Å²) >= 11 is 5.91. The maximum Gasteiger partial charge on any atom is 0.203 e. The van der Waals surface area contributed by atoms with E-state index in [-0.39, 0.29) is 0 Å². The highest BCUT2D eigenvalue weighted by Crippen LogP contribution is 2.41. The summed E-state index contributed by atoms with van der Waals surface area (Å²) in [6, 6.07) is 11.1. The first-order chi connectivity index (χ1) is 11.7. The van der Waals surface area contributed by atoms with Gasteiger partial charge < -0.3 is 14.8 Å². The van der Waals surface area contributed by atoms with Gasteiger partial charge in [0.15, 0.2) is 11.5 Å². The van der Waals surface area contributed by atoms with Crippen LogP contribution in [0.15, 0.2) is 36.4 Å². The van der Waals surface area contributed by atoms with E-state index in [2.05, 4.69) is 25.9 Å². The van der Waals surface area contributed by atoms with E-state index in [9.17, 15) is 0 Å². The van der Waals surface area contributed by atoms with Gasteiger partial charge in [-0.05, 0) is 29.5 Å². The molecule has 0 radical (unpaired) electrons. The van der Waals surface area contributed by atoms with Crippen LogP contribution >= 0.6 is 11.6 Å². The van der Waals surface area contributed by atoms with Crippen molar-refractivity contribution in [2.75, 3.05) is 14.2 Å². The molecule has 24 heavy (non-hydrogen) atoms. The molecule has 2 aromatic carbocycles. The van der Waals surface area contributed by atoms with Crippen LogP contribution in [0.5, 0.6) is 11.5 Å². The molecule has 7 nitrogen and oxygen atoms in total. The van der Waals surface area contributed by atoms with Crippen LogP contribution in [0, 0.1) is 0 Å². The van der Waals surface area contributed by atoms with Crippen molar-refractivity contribution in [2.45, 2.75) is 6.54 Å². The van der Waals surface area contributed by atoms with Gasteiger partial charge in [0.05, 0.1) is 14.2 Å². The van der Waals surface area contributed by atoms with E-state index in [0.29, 0.717) is 40.1 Å². The molecular formula is C16H15ClN5O2-. The van der Waals surface area contributed by atoms with Crippen molar-refractivity contribution in [2.24, 2.45) is 0 Å². The Morgan fingerprint density at radius 3 is 2.42 bits per heavy atom. The Morgan fingerprint density at radius 2 is 1.79 bits per heavy atom. The molecule has 3 aromatic rings. The number of tetrazole rings is 1. The molecule has 0 fully saturated rings. The first kappa shape index (κ1) is 16.1. The first-order valence-corrected chi connectivity index (χ1v) is 7.51. The second-order valence-corrected chi connectivity index (χ2v) is 5.34. The summed E-state index contributed by atoms with van der Waals surface area (Å²) in [5.41, 5.74) is 2.42. The van der Waals surface area contributed by atoms with Gasteiger partial charge in [-0.15, -0.1) is 22.4 Å². The summed E-state index contributed by atoms with van der Waals surface area (Å²) in [4.78, 5) is 0. The second kappa shape index (κ2) is 7.18. The third-order valence-corrected chi connectivity index (χ3v) is 3.69. The van der Waals surface area contributed by atoms with E-state index in [1.165, 1.54) is 0 Å². The molecule has 0 unspecified atom stereocenters. The Morgan fingerprint density at radius 1 is 1.08 bits per heavy atom. The van der Waals surface area contributed by atoms with Gasteiger partial charge in [-0.25, -0.2) is 0 Å². The molecular weight excluding hydrogens is 330 g/mol. The summed E-state index contributed by atoms with van der Waals surface area (Å²) in [5, 5.41) is 19.4. The van der Waals surface area contributed by atoms with Gasteiger partial charge >= 0.3 is 0 Å². The fraction of sp³-hybridized carbons (Fsp3) is 0.188. The van der Waals surface area contributed by atoms with Gasteiger partial charge in [0, 0.05) is 10.6 Å². The topological polar surface area (TPSA) is 87.0 Å². The van der Waals surface area contributed by atoms with E-state index in [4.69, 9.17) is 21.1 Å². The predicted molar refractivity (Wildman–Crippen MR) is 90.9 cm³/mol. The van der Waals surface area contributed by atoms with Crippen molar-refractivity contribution in [1.82, 2.24) is 20.6 Å². The number of nitrogens with one attached hydrogen (secondary N) is 1. The van der Waals surface area contributed by atoms with Crippen molar-refractivity contribution in [3.8, 4) is 22.9 Å². The van der Waals surface area contributed by atoms with Gasteiger partial charge in [0.1, 0.15) is 0 Å². The molecule has 1 aromatic heterocycles. The number of H-pyrrole nitrogens is 1. The lowest BCUT2D eigenvalue weighted by Crippen LogP contribution is -1.93. The Kier molecular flexibility index (Phi) is 4.81. The number of ether oxygens (including phenoxy) is 2. The highest BCUT2D eigenvalue weighted by atomic mass is 35.5. The van der Waals surface area contributed by atoms with Crippen LogP contribution < -0.4 is 9.47 Å². The van der Waals surface area contributed by atoms with Crippen LogP contribution in [0.1, 0.15) is 5.56 Å². The molecule has 0 saturated heterocycles. The van der Waals surface area contributed by atoms with Gasteiger partial charge in [0.2, 0.25) is 5.82 Å². The number of halogens is 1. The van der Waals surface area contributed by atoms with Crippen LogP contribution in [0.3, 0.4) is 0 Å². The standard InChI is InChI=1S/C16H15ClN5O2/c1-23-14-7-12(16-19-21-22-20-16)13(8-15(14)24-2)18-9-10-3-5-11(17)6-4-10/h3-8H,9H2,1-2H3,(H,19,20,21,22)/q-1. The molecule has 3 rings (SSSR count). The minimum absolute atomic E-state index is 0.436. The number of hydrogen-bond acceptors (Lipinski definition) is 5. The number of aromatic nitrogens is 4. The molecule has 0 spiro atoms. The van der Waals surface area contributed by atoms with Crippen LogP contribution in [0.4, 0.5) is 5.69 Å². The third-order valence-electron chi connectivity index (χ3n) is 3.43. The Balaban J connectivity index is 1.93. The summed E-state index contributed by atoms with van der Waals surface area (Å²) < 4.78 is 10.7. The zero-order valence-corrected chi connectivity index (χ0v) is 13.9. The minimum Gasteiger partial charge on any atom is -0.680 e. The average molecular weight is 345 g/mol. The molecule has 0 aliphatic rings. The fourth-order valence-corrected chi connectivity index (χ4v) is 2.35. The van der Waals surface area contributed by atoms with E-state index < -0.39 is 0 Å². The number of hydrogen-bond donors (Lipinski definition) is 1. The van der Waals surface area contributed by atoms with Crippen molar-refractivity contribution >= 4 is 17.3 Å². The summed E-state index contributed by atoms with van der Waals surface area (Å²) in [6.07, 6.45) is 0. The lowest BCUT2D eigenvalue weighted by atomic mass is 10.1. The van der Waals surface area contributed by atoms with Crippen molar-refractivity contribution < 1.29 is 9.47 Å². The zero-order chi connectivity index (χ0) is 16.9. The van der Waals surface area contributed by atoms with Crippen LogP contribution in [-0.4, -0.2) is 34.8 Å². The Bertz CT molecular complexity index is 806. The molecule has 0 aliphatic heterocycles. The summed E-state index contributed by atoms with van der Waals surface area (Å²) in [6.45, 7) is 0.484. The number of rotatable bonds is 6. The molecule has 1 heterocycles. The molecule has 1 N–H and O–H groups in total. The third kappa shape index (κ3) is 3.41. The van der Waals surface area contributed by atoms with Crippen molar-refractivity contribution in [3.05, 3.63) is 52.3 Å². The lowest BCUT2D eigenvalue weighted by molar-refractivity contribution is 0.355. The van der Waals surface area contributed by atoms with Crippen LogP contribution in [-0.2, 0) is 6.54 Å². The molecule has 0 atom stereocenters. The zero-order valence-electron chi connectivity index (χ0n) is 13.2. The minimum atomic E-state index is 0.436. The molecule has 0 saturated carbocycles. The van der Waals surface area contributed by atoms with E-state index in [1.54, 1.807) is 26.4 Å². The quantitative estimate of drug-likeness (QED) is 0.736. The summed E-state index contributed by atoms with van der Waals surface area (Å²) in [7, 11) is 3.15. The average Bonchev–Trinajstić information content (AvgIpc) is 3.15. The molecule has 0 aliphatic carbocycles. The highest BCUT2D eigenvalue weighted by Gasteiger charge is 2.11. The monoisotopic (exact) mass is 344 g/mol. The number of nitrogens with zero attached hydrogens (tertiary/aromatic N) is 4. The maximum atomic E-state index is 5.91. The normalized spacial score (nSPS) is 10.5. The van der Waals surface area contributed by atoms with Crippen LogP contribution in [0.25, 0.3) is 16.7 Å². The SMILES string of the molecule is COc1cc([N-]Cc2ccc(Cl)cc2)c(-c2nn[nH]n2)cc1OC. The van der Waals surface area contributed by atoms with Gasteiger partial charge in [0.25, 0.3) is 0 Å². The lowest BCUT2D eigenvalue weighted by Gasteiger charge is -2.25. The summed E-state index contributed by atoms with van der Waals surface area (Å²) in [5.74, 6) is 1.59. The maximum absolute atomic E-state index is 5.91. The number of aromatic amines is 1. The number of benzene rings is 2. The van der Waals surface area contributed by atoms with Gasteiger partial charge in [-0.2, -0.15) is 5.21 Å². The van der Waals surface area contributed by atoms with Crippen molar-refractivity contribution in [3.63, 3.8) is 0 Å². The van der Waals surface area contributed by atoms with E-state index >= 15 is 0 Å². The van der Waals surface area contributed by atoms with E-state index in [1.807, 2.05) is 24.3 Å². The Labute approximate surface area is 143 Å². The molecule has 124 valence electrons. The van der Waals surface area contributed by atoms with Gasteiger partial charge in [-0.1, -0.05) is 29.3 Å².